The fourth-order valence-corrected chi connectivity index (χ4v) is 3.87. The molecule has 5 heteroatoms. The molecule has 0 spiro atoms. The Bertz CT molecular complexity index is 988. The maximum Gasteiger partial charge on any atom is 0.255 e. The molecule has 4 rings (SSSR count). The summed E-state index contributed by atoms with van der Waals surface area (Å²) < 4.78 is 0. The number of pyridine rings is 1. The lowest BCUT2D eigenvalue weighted by Gasteiger charge is -2.33. The molecule has 1 aliphatic rings. The summed E-state index contributed by atoms with van der Waals surface area (Å²) in [6, 6.07) is 21.3. The minimum atomic E-state index is -0.0784. The Balaban J connectivity index is 1.32. The first kappa shape index (κ1) is 19.8. The van der Waals surface area contributed by atoms with Crippen molar-refractivity contribution in [3.8, 4) is 11.1 Å². The molecule has 3 aromatic rings. The summed E-state index contributed by atoms with van der Waals surface area (Å²) in [4.78, 5) is 31.1. The molecule has 2 aromatic carbocycles. The molecule has 0 radical (unpaired) electrons. The summed E-state index contributed by atoms with van der Waals surface area (Å²) in [6.45, 7) is 1.97. The van der Waals surface area contributed by atoms with Crippen molar-refractivity contribution < 1.29 is 9.59 Å². The van der Waals surface area contributed by atoms with Crippen molar-refractivity contribution in [2.75, 3.05) is 19.6 Å². The predicted molar refractivity (Wildman–Crippen MR) is 117 cm³/mol. The van der Waals surface area contributed by atoms with E-state index in [1.54, 1.807) is 24.5 Å². The molecule has 1 saturated heterocycles. The van der Waals surface area contributed by atoms with E-state index in [9.17, 15) is 9.59 Å². The second kappa shape index (κ2) is 9.35. The molecule has 0 aliphatic carbocycles. The van der Waals surface area contributed by atoms with Gasteiger partial charge < -0.3 is 10.2 Å². The van der Waals surface area contributed by atoms with Crippen LogP contribution in [-0.2, 0) is 0 Å². The van der Waals surface area contributed by atoms with Gasteiger partial charge in [0.1, 0.15) is 0 Å². The maximum absolute atomic E-state index is 12.7. The monoisotopic (exact) mass is 399 g/mol. The zero-order chi connectivity index (χ0) is 20.8. The van der Waals surface area contributed by atoms with Crippen molar-refractivity contribution >= 4 is 11.8 Å². The van der Waals surface area contributed by atoms with E-state index in [1.165, 1.54) is 0 Å². The van der Waals surface area contributed by atoms with E-state index in [2.05, 4.69) is 22.4 Å². The van der Waals surface area contributed by atoms with Gasteiger partial charge in [-0.15, -0.1) is 0 Å². The van der Waals surface area contributed by atoms with Crippen LogP contribution in [0.1, 0.15) is 33.6 Å². The van der Waals surface area contributed by atoms with E-state index in [0.29, 0.717) is 24.2 Å². The van der Waals surface area contributed by atoms with Crippen LogP contribution in [0.4, 0.5) is 0 Å². The minimum Gasteiger partial charge on any atom is -0.352 e. The van der Waals surface area contributed by atoms with E-state index in [-0.39, 0.29) is 17.7 Å². The number of carbonyl (C=O) groups excluding carboxylic acids is 2. The highest BCUT2D eigenvalue weighted by atomic mass is 16.2. The lowest BCUT2D eigenvalue weighted by Crippen LogP contribution is -2.43. The van der Waals surface area contributed by atoms with Gasteiger partial charge in [-0.3, -0.25) is 14.6 Å². The number of hydrogen-bond donors (Lipinski definition) is 1. The summed E-state index contributed by atoms with van der Waals surface area (Å²) in [5, 5.41) is 3.04. The van der Waals surface area contributed by atoms with Gasteiger partial charge in [0.15, 0.2) is 0 Å². The Morgan fingerprint density at radius 1 is 0.933 bits per heavy atom. The van der Waals surface area contributed by atoms with E-state index in [1.807, 2.05) is 47.4 Å². The summed E-state index contributed by atoms with van der Waals surface area (Å²) in [5.41, 5.74) is 3.48. The Morgan fingerprint density at radius 2 is 1.70 bits per heavy atom. The predicted octanol–water partition coefficient (Wildman–Crippen LogP) is 4.03. The van der Waals surface area contributed by atoms with E-state index in [0.717, 1.165) is 30.5 Å². The van der Waals surface area contributed by atoms with Crippen LogP contribution in [0.15, 0.2) is 79.1 Å². The number of rotatable bonds is 5. The lowest BCUT2D eigenvalue weighted by molar-refractivity contribution is 0.0670. The zero-order valence-electron chi connectivity index (χ0n) is 16.8. The third-order valence-corrected chi connectivity index (χ3v) is 5.52. The van der Waals surface area contributed by atoms with Crippen LogP contribution in [-0.4, -0.2) is 41.3 Å². The number of likely N-dealkylation sites (tertiary alicyclic amines) is 1. The molecular weight excluding hydrogens is 374 g/mol. The summed E-state index contributed by atoms with van der Waals surface area (Å²) in [5.74, 6) is 0.188. The van der Waals surface area contributed by atoms with Gasteiger partial charge in [0.2, 0.25) is 0 Å². The van der Waals surface area contributed by atoms with Crippen LogP contribution in [0.25, 0.3) is 11.1 Å². The number of hydrogen-bond acceptors (Lipinski definition) is 3. The van der Waals surface area contributed by atoms with Crippen LogP contribution in [0.5, 0.6) is 0 Å². The fourth-order valence-electron chi connectivity index (χ4n) is 3.87. The molecule has 5 nitrogen and oxygen atoms in total. The molecule has 2 heterocycles. The van der Waals surface area contributed by atoms with Crippen LogP contribution >= 0.6 is 0 Å². The van der Waals surface area contributed by atoms with E-state index >= 15 is 0 Å². The molecule has 1 atom stereocenters. The standard InChI is InChI=1S/C25H25N3O2/c29-24(22-12-10-21(11-13-22)20-7-2-1-3-8-20)27-16-19-6-5-15-28(18-19)25(30)23-9-4-14-26-17-23/h1-4,7-14,17,19H,5-6,15-16,18H2,(H,27,29)/t19-/m1/s1. The van der Waals surface area contributed by atoms with Crippen LogP contribution in [0, 0.1) is 5.92 Å². The average Bonchev–Trinajstić information content (AvgIpc) is 2.83. The molecule has 1 aliphatic heterocycles. The second-order valence-corrected chi connectivity index (χ2v) is 7.65. The van der Waals surface area contributed by atoms with E-state index < -0.39 is 0 Å². The van der Waals surface area contributed by atoms with Gasteiger partial charge >= 0.3 is 0 Å². The topological polar surface area (TPSA) is 62.3 Å². The Kier molecular flexibility index (Phi) is 6.18. The average molecular weight is 399 g/mol. The summed E-state index contributed by atoms with van der Waals surface area (Å²) >= 11 is 0. The first-order valence-electron chi connectivity index (χ1n) is 10.3. The molecule has 2 amide bonds. The Morgan fingerprint density at radius 3 is 2.43 bits per heavy atom. The highest BCUT2D eigenvalue weighted by Gasteiger charge is 2.25. The van der Waals surface area contributed by atoms with Crippen molar-refractivity contribution in [1.29, 1.82) is 0 Å². The van der Waals surface area contributed by atoms with Crippen molar-refractivity contribution in [2.45, 2.75) is 12.8 Å². The SMILES string of the molecule is O=C(NC[C@H]1CCCN(C(=O)c2cccnc2)C1)c1ccc(-c2ccccc2)cc1. The third kappa shape index (κ3) is 4.74. The van der Waals surface area contributed by atoms with Crippen molar-refractivity contribution in [1.82, 2.24) is 15.2 Å². The van der Waals surface area contributed by atoms with Crippen LogP contribution in [0.2, 0.25) is 0 Å². The zero-order valence-corrected chi connectivity index (χ0v) is 16.8. The fraction of sp³-hybridized carbons (Fsp3) is 0.240. The third-order valence-electron chi connectivity index (χ3n) is 5.52. The number of carbonyl (C=O) groups is 2. The van der Waals surface area contributed by atoms with Gasteiger partial charge in [0.25, 0.3) is 11.8 Å². The molecule has 0 unspecified atom stereocenters. The highest BCUT2D eigenvalue weighted by molar-refractivity contribution is 5.95. The lowest BCUT2D eigenvalue weighted by atomic mass is 9.97. The van der Waals surface area contributed by atoms with Gasteiger partial charge in [-0.2, -0.15) is 0 Å². The smallest absolute Gasteiger partial charge is 0.255 e. The molecule has 0 bridgehead atoms. The van der Waals surface area contributed by atoms with Gasteiger partial charge in [-0.1, -0.05) is 42.5 Å². The highest BCUT2D eigenvalue weighted by Crippen LogP contribution is 2.20. The number of aromatic nitrogens is 1. The maximum atomic E-state index is 12.7. The Labute approximate surface area is 176 Å². The van der Waals surface area contributed by atoms with Gasteiger partial charge in [0, 0.05) is 37.6 Å². The molecule has 1 aromatic heterocycles. The van der Waals surface area contributed by atoms with Crippen LogP contribution < -0.4 is 5.32 Å². The van der Waals surface area contributed by atoms with Crippen LogP contribution in [0.3, 0.4) is 0 Å². The molecule has 1 N–H and O–H groups in total. The molecule has 0 saturated carbocycles. The minimum absolute atomic E-state index is 0.00984. The molecule has 1 fully saturated rings. The number of nitrogens with one attached hydrogen (secondary N) is 1. The largest absolute Gasteiger partial charge is 0.352 e. The van der Waals surface area contributed by atoms with Gasteiger partial charge in [-0.25, -0.2) is 0 Å². The summed E-state index contributed by atoms with van der Waals surface area (Å²) in [7, 11) is 0. The number of piperidine rings is 1. The van der Waals surface area contributed by atoms with Gasteiger partial charge in [0.05, 0.1) is 5.56 Å². The number of amides is 2. The van der Waals surface area contributed by atoms with Crippen molar-refractivity contribution in [3.05, 3.63) is 90.3 Å². The van der Waals surface area contributed by atoms with Crippen molar-refractivity contribution in [2.24, 2.45) is 5.92 Å². The molecule has 152 valence electrons. The van der Waals surface area contributed by atoms with Gasteiger partial charge in [-0.05, 0) is 54.2 Å². The Hall–Kier alpha value is -3.47. The summed E-state index contributed by atoms with van der Waals surface area (Å²) in [6.07, 6.45) is 5.22. The number of benzene rings is 2. The quantitative estimate of drug-likeness (QED) is 0.705. The second-order valence-electron chi connectivity index (χ2n) is 7.65. The van der Waals surface area contributed by atoms with Crippen molar-refractivity contribution in [3.63, 3.8) is 0 Å². The molecular formula is C25H25N3O2. The first-order valence-corrected chi connectivity index (χ1v) is 10.3. The van der Waals surface area contributed by atoms with E-state index in [4.69, 9.17) is 0 Å². The first-order chi connectivity index (χ1) is 14.7. The molecule has 30 heavy (non-hydrogen) atoms. The normalized spacial score (nSPS) is 16.1. The number of nitrogens with zero attached hydrogens (tertiary/aromatic N) is 2.